The molecule has 2 heterocycles. The van der Waals surface area contributed by atoms with Crippen LogP contribution in [0.5, 0.6) is 5.75 Å². The average Bonchev–Trinajstić information content (AvgIpc) is 2.74. The van der Waals surface area contributed by atoms with Crippen LogP contribution in [0.3, 0.4) is 0 Å². The summed E-state index contributed by atoms with van der Waals surface area (Å²) in [6.45, 7) is 1.17. The standard InChI is InChI=1S/C14H20N2O4/c17-9-11-7-12(18)13(8-15-11)20-10-14(19)16-5-3-1-2-4-6-16/h7-8,17H,1-6,9-10H2,(H,15,18). The van der Waals surface area contributed by atoms with Crippen LogP contribution in [0.1, 0.15) is 31.4 Å². The third-order valence-electron chi connectivity index (χ3n) is 3.42. The first-order valence-corrected chi connectivity index (χ1v) is 6.94. The molecule has 1 amide bonds. The monoisotopic (exact) mass is 280 g/mol. The Balaban J connectivity index is 1.91. The number of pyridine rings is 1. The number of likely N-dealkylation sites (tertiary alicyclic amines) is 1. The number of aromatic amines is 1. The number of H-pyrrole nitrogens is 1. The van der Waals surface area contributed by atoms with Crippen LogP contribution in [-0.2, 0) is 11.4 Å². The Morgan fingerprint density at radius 2 is 2.00 bits per heavy atom. The minimum Gasteiger partial charge on any atom is -0.478 e. The number of amides is 1. The minimum atomic E-state index is -0.337. The van der Waals surface area contributed by atoms with Gasteiger partial charge in [0.2, 0.25) is 5.43 Å². The van der Waals surface area contributed by atoms with Crippen molar-refractivity contribution in [3.63, 3.8) is 0 Å². The summed E-state index contributed by atoms with van der Waals surface area (Å²) in [5, 5.41) is 8.90. The van der Waals surface area contributed by atoms with Gasteiger partial charge in [0.1, 0.15) is 0 Å². The van der Waals surface area contributed by atoms with Crippen LogP contribution in [0, 0.1) is 0 Å². The number of nitrogens with one attached hydrogen (secondary N) is 1. The lowest BCUT2D eigenvalue weighted by Gasteiger charge is -2.20. The van der Waals surface area contributed by atoms with Crippen LogP contribution in [-0.4, -0.2) is 40.6 Å². The molecule has 0 aliphatic carbocycles. The summed E-state index contributed by atoms with van der Waals surface area (Å²) in [4.78, 5) is 28.2. The summed E-state index contributed by atoms with van der Waals surface area (Å²) < 4.78 is 5.28. The van der Waals surface area contributed by atoms with Gasteiger partial charge in [0, 0.05) is 31.0 Å². The van der Waals surface area contributed by atoms with Crippen molar-refractivity contribution in [1.29, 1.82) is 0 Å². The first kappa shape index (κ1) is 14.6. The van der Waals surface area contributed by atoms with E-state index in [0.29, 0.717) is 5.69 Å². The van der Waals surface area contributed by atoms with Crippen molar-refractivity contribution >= 4 is 5.91 Å². The van der Waals surface area contributed by atoms with Crippen LogP contribution in [0.2, 0.25) is 0 Å². The second-order valence-electron chi connectivity index (χ2n) is 4.93. The minimum absolute atomic E-state index is 0.0856. The van der Waals surface area contributed by atoms with E-state index < -0.39 is 0 Å². The summed E-state index contributed by atoms with van der Waals surface area (Å²) in [5.41, 5.74) is 0.0812. The molecule has 1 fully saturated rings. The quantitative estimate of drug-likeness (QED) is 0.848. The molecule has 20 heavy (non-hydrogen) atoms. The highest BCUT2D eigenvalue weighted by atomic mass is 16.5. The summed E-state index contributed by atoms with van der Waals surface area (Å²) in [5.74, 6) is 0.0166. The van der Waals surface area contributed by atoms with Gasteiger partial charge in [0.15, 0.2) is 12.4 Å². The molecule has 1 aromatic rings. The molecule has 1 aromatic heterocycles. The molecule has 0 atom stereocenters. The predicted octanol–water partition coefficient (Wildman–Crippen LogP) is 0.649. The Labute approximate surface area is 117 Å². The maximum Gasteiger partial charge on any atom is 0.260 e. The lowest BCUT2D eigenvalue weighted by Crippen LogP contribution is -2.36. The predicted molar refractivity (Wildman–Crippen MR) is 73.5 cm³/mol. The number of aliphatic hydroxyl groups is 1. The van der Waals surface area contributed by atoms with Crippen LogP contribution >= 0.6 is 0 Å². The molecule has 0 unspecified atom stereocenters. The summed E-state index contributed by atoms with van der Waals surface area (Å²) in [7, 11) is 0. The smallest absolute Gasteiger partial charge is 0.260 e. The SMILES string of the molecule is O=C(COc1c[nH]c(CO)cc1=O)N1CCCCCC1. The second kappa shape index (κ2) is 7.09. The summed E-state index contributed by atoms with van der Waals surface area (Å²) >= 11 is 0. The zero-order chi connectivity index (χ0) is 14.4. The van der Waals surface area contributed by atoms with Crippen molar-refractivity contribution in [3.05, 3.63) is 28.2 Å². The van der Waals surface area contributed by atoms with Crippen LogP contribution in [0.4, 0.5) is 0 Å². The molecule has 2 N–H and O–H groups in total. The fourth-order valence-electron chi connectivity index (χ4n) is 2.26. The van der Waals surface area contributed by atoms with E-state index in [9.17, 15) is 9.59 Å². The zero-order valence-corrected chi connectivity index (χ0v) is 11.4. The number of rotatable bonds is 4. The van der Waals surface area contributed by atoms with Gasteiger partial charge in [-0.25, -0.2) is 0 Å². The van der Waals surface area contributed by atoms with Gasteiger partial charge in [-0.05, 0) is 12.8 Å². The Morgan fingerprint density at radius 3 is 2.60 bits per heavy atom. The number of aromatic nitrogens is 1. The van der Waals surface area contributed by atoms with Crippen LogP contribution in [0.15, 0.2) is 17.1 Å². The number of hydrogen-bond donors (Lipinski definition) is 2. The van der Waals surface area contributed by atoms with Gasteiger partial charge >= 0.3 is 0 Å². The highest BCUT2D eigenvalue weighted by Crippen LogP contribution is 2.10. The maximum absolute atomic E-state index is 12.0. The molecule has 0 spiro atoms. The maximum atomic E-state index is 12.0. The third-order valence-corrected chi connectivity index (χ3v) is 3.42. The molecule has 0 aromatic carbocycles. The van der Waals surface area contributed by atoms with Crippen molar-refractivity contribution < 1.29 is 14.6 Å². The summed E-state index contributed by atoms with van der Waals surface area (Å²) in [6.07, 6.45) is 5.75. The van der Waals surface area contributed by atoms with Crippen molar-refractivity contribution in [3.8, 4) is 5.75 Å². The number of hydrogen-bond acceptors (Lipinski definition) is 4. The topological polar surface area (TPSA) is 82.6 Å². The van der Waals surface area contributed by atoms with Crippen LogP contribution < -0.4 is 10.2 Å². The van der Waals surface area contributed by atoms with Gasteiger partial charge in [0.25, 0.3) is 5.91 Å². The second-order valence-corrected chi connectivity index (χ2v) is 4.93. The first-order valence-electron chi connectivity index (χ1n) is 6.94. The number of aliphatic hydroxyl groups excluding tert-OH is 1. The first-order chi connectivity index (χ1) is 9.70. The van der Waals surface area contributed by atoms with Crippen molar-refractivity contribution in [1.82, 2.24) is 9.88 Å². The van der Waals surface area contributed by atoms with Crippen molar-refractivity contribution in [2.45, 2.75) is 32.3 Å². The fourth-order valence-corrected chi connectivity index (χ4v) is 2.26. The van der Waals surface area contributed by atoms with E-state index in [4.69, 9.17) is 9.84 Å². The molecule has 0 radical (unpaired) electrons. The van der Waals surface area contributed by atoms with E-state index in [2.05, 4.69) is 4.98 Å². The molecular formula is C14H20N2O4. The number of nitrogens with zero attached hydrogens (tertiary/aromatic N) is 1. The molecule has 1 aliphatic heterocycles. The Bertz CT molecular complexity index is 504. The van der Waals surface area contributed by atoms with Gasteiger partial charge in [-0.15, -0.1) is 0 Å². The van der Waals surface area contributed by atoms with Crippen molar-refractivity contribution in [2.75, 3.05) is 19.7 Å². The van der Waals surface area contributed by atoms with Gasteiger partial charge in [-0.2, -0.15) is 0 Å². The molecule has 1 aliphatic rings. The van der Waals surface area contributed by atoms with E-state index in [0.717, 1.165) is 38.8 Å². The molecule has 0 bridgehead atoms. The molecule has 1 saturated heterocycles. The molecule has 110 valence electrons. The molecule has 0 saturated carbocycles. The van der Waals surface area contributed by atoms with Gasteiger partial charge in [-0.1, -0.05) is 12.8 Å². The van der Waals surface area contributed by atoms with E-state index >= 15 is 0 Å². The Hall–Kier alpha value is -1.82. The average molecular weight is 280 g/mol. The molecule has 6 nitrogen and oxygen atoms in total. The van der Waals surface area contributed by atoms with Gasteiger partial charge < -0.3 is 19.7 Å². The Kier molecular flexibility index (Phi) is 5.17. The zero-order valence-electron chi connectivity index (χ0n) is 11.4. The van der Waals surface area contributed by atoms with Gasteiger partial charge in [0.05, 0.1) is 6.61 Å². The van der Waals surface area contributed by atoms with Crippen molar-refractivity contribution in [2.24, 2.45) is 0 Å². The number of carbonyl (C=O) groups is 1. The molecule has 2 rings (SSSR count). The van der Waals surface area contributed by atoms with Crippen LogP contribution in [0.25, 0.3) is 0 Å². The normalized spacial score (nSPS) is 15.8. The fraction of sp³-hybridized carbons (Fsp3) is 0.571. The highest BCUT2D eigenvalue weighted by Gasteiger charge is 2.16. The van der Waals surface area contributed by atoms with E-state index in [1.807, 2.05) is 0 Å². The number of ether oxygens (including phenoxy) is 1. The largest absolute Gasteiger partial charge is 0.478 e. The van der Waals surface area contributed by atoms with Gasteiger partial charge in [-0.3, -0.25) is 9.59 Å². The molecular weight excluding hydrogens is 260 g/mol. The third kappa shape index (κ3) is 3.84. The molecule has 6 heteroatoms. The lowest BCUT2D eigenvalue weighted by molar-refractivity contribution is -0.133. The summed E-state index contributed by atoms with van der Waals surface area (Å²) in [6, 6.07) is 1.27. The number of carbonyl (C=O) groups excluding carboxylic acids is 1. The highest BCUT2D eigenvalue weighted by molar-refractivity contribution is 5.77. The lowest BCUT2D eigenvalue weighted by atomic mass is 10.2. The Morgan fingerprint density at radius 1 is 1.30 bits per heavy atom. The van der Waals surface area contributed by atoms with E-state index in [1.165, 1.54) is 12.3 Å². The van der Waals surface area contributed by atoms with E-state index in [1.54, 1.807) is 4.90 Å². The van der Waals surface area contributed by atoms with E-state index in [-0.39, 0.29) is 30.3 Å².